The third-order valence-corrected chi connectivity index (χ3v) is 4.84. The molecule has 1 aliphatic carbocycles. The second kappa shape index (κ2) is 4.46. The molecule has 0 amide bonds. The normalized spacial score (nSPS) is 17.4. The Morgan fingerprint density at radius 3 is 2.48 bits per heavy atom. The largest absolute Gasteiger partial charge is 0.454 e. The zero-order valence-corrected chi connectivity index (χ0v) is 12.8. The van der Waals surface area contributed by atoms with Gasteiger partial charge in [-0.05, 0) is 48.7 Å². The molecule has 2 aromatic rings. The maximum Gasteiger partial charge on any atom is 0.164 e. The first kappa shape index (κ1) is 13.1. The van der Waals surface area contributed by atoms with E-state index in [-0.39, 0.29) is 0 Å². The van der Waals surface area contributed by atoms with Crippen molar-refractivity contribution in [3.63, 3.8) is 0 Å². The van der Waals surface area contributed by atoms with E-state index < -0.39 is 0 Å². The average Bonchev–Trinajstić information content (AvgIpc) is 3.13. The highest BCUT2D eigenvalue weighted by atomic mass is 35.5. The van der Waals surface area contributed by atoms with Crippen LogP contribution in [0.15, 0.2) is 30.3 Å². The molecule has 0 radical (unpaired) electrons. The van der Waals surface area contributed by atoms with Crippen molar-refractivity contribution in [2.24, 2.45) is 0 Å². The van der Waals surface area contributed by atoms with E-state index in [1.807, 2.05) is 6.07 Å². The molecule has 2 aliphatic rings. The monoisotopic (exact) mass is 320 g/mol. The number of hydrogen-bond acceptors (Lipinski definition) is 3. The fourth-order valence-corrected chi connectivity index (χ4v) is 3.51. The zero-order valence-electron chi connectivity index (χ0n) is 11.2. The van der Waals surface area contributed by atoms with E-state index in [9.17, 15) is 0 Å². The molecule has 1 aliphatic heterocycles. The van der Waals surface area contributed by atoms with Crippen molar-refractivity contribution in [3.05, 3.63) is 45.9 Å². The van der Waals surface area contributed by atoms with Crippen molar-refractivity contribution in [1.29, 1.82) is 0 Å². The molecule has 3 nitrogen and oxygen atoms in total. The number of anilines is 2. The first-order chi connectivity index (χ1) is 10.1. The predicted octanol–water partition coefficient (Wildman–Crippen LogP) is 4.83. The van der Waals surface area contributed by atoms with Crippen molar-refractivity contribution < 1.29 is 4.74 Å². The number of fused-ring (bicyclic) bond motifs is 2. The van der Waals surface area contributed by atoms with Gasteiger partial charge in [0.05, 0.1) is 10.0 Å². The van der Waals surface area contributed by atoms with Gasteiger partial charge in [-0.25, -0.2) is 0 Å². The van der Waals surface area contributed by atoms with Gasteiger partial charge in [0, 0.05) is 23.3 Å². The van der Waals surface area contributed by atoms with Gasteiger partial charge in [-0.15, -0.1) is 0 Å². The number of nitrogen functional groups attached to an aromatic ring is 1. The van der Waals surface area contributed by atoms with E-state index in [0.717, 1.165) is 12.3 Å². The maximum absolute atomic E-state index is 6.17. The molecule has 0 aromatic heterocycles. The van der Waals surface area contributed by atoms with Gasteiger partial charge in [-0.3, -0.25) is 0 Å². The van der Waals surface area contributed by atoms with Gasteiger partial charge in [0.2, 0.25) is 0 Å². The van der Waals surface area contributed by atoms with Crippen LogP contribution in [-0.4, -0.2) is 6.54 Å². The van der Waals surface area contributed by atoms with E-state index in [0.29, 0.717) is 26.9 Å². The Morgan fingerprint density at radius 1 is 1.10 bits per heavy atom. The van der Waals surface area contributed by atoms with Gasteiger partial charge in [0.25, 0.3) is 0 Å². The summed E-state index contributed by atoms with van der Waals surface area (Å²) < 4.78 is 5.89. The van der Waals surface area contributed by atoms with E-state index >= 15 is 0 Å². The third-order valence-electron chi connectivity index (χ3n) is 4.27. The molecular weight excluding hydrogens is 307 g/mol. The first-order valence-electron chi connectivity index (χ1n) is 6.88. The van der Waals surface area contributed by atoms with Crippen LogP contribution in [-0.2, 0) is 5.41 Å². The quantitative estimate of drug-likeness (QED) is 0.779. The summed E-state index contributed by atoms with van der Waals surface area (Å²) in [7, 11) is 0. The Balaban J connectivity index is 1.70. The van der Waals surface area contributed by atoms with Crippen LogP contribution >= 0.6 is 23.2 Å². The summed E-state index contributed by atoms with van der Waals surface area (Å²) >= 11 is 12.3. The lowest BCUT2D eigenvalue weighted by Crippen LogP contribution is -2.08. The summed E-state index contributed by atoms with van der Waals surface area (Å²) in [6.07, 6.45) is 2.47. The number of nitrogens with one attached hydrogen (secondary N) is 1. The lowest BCUT2D eigenvalue weighted by molar-refractivity contribution is 0.482. The standard InChI is InChI=1S/C16H14Cl2N2O/c17-12-5-9(19)6-13(18)15(12)21-10-1-2-14-11(7-10)16(3-4-16)8-20-14/h1-2,5-7,20H,3-4,8,19H2. The van der Waals surface area contributed by atoms with Crippen LogP contribution in [0.25, 0.3) is 0 Å². The molecular formula is C16H14Cl2N2O. The molecule has 3 N–H and O–H groups in total. The highest BCUT2D eigenvalue weighted by molar-refractivity contribution is 6.37. The molecule has 108 valence electrons. The Bertz CT molecular complexity index is 718. The minimum Gasteiger partial charge on any atom is -0.454 e. The number of rotatable bonds is 2. The molecule has 4 rings (SSSR count). The van der Waals surface area contributed by atoms with Crippen LogP contribution in [0.2, 0.25) is 10.0 Å². The SMILES string of the molecule is Nc1cc(Cl)c(Oc2ccc3c(c2)C2(CC2)CN3)c(Cl)c1. The van der Waals surface area contributed by atoms with Crippen LogP contribution in [0.3, 0.4) is 0 Å². The van der Waals surface area contributed by atoms with Crippen molar-refractivity contribution in [1.82, 2.24) is 0 Å². The van der Waals surface area contributed by atoms with Crippen LogP contribution in [0.1, 0.15) is 18.4 Å². The molecule has 1 heterocycles. The van der Waals surface area contributed by atoms with Crippen molar-refractivity contribution in [3.8, 4) is 11.5 Å². The van der Waals surface area contributed by atoms with Crippen molar-refractivity contribution >= 4 is 34.6 Å². The van der Waals surface area contributed by atoms with Crippen LogP contribution < -0.4 is 15.8 Å². The molecule has 0 unspecified atom stereocenters. The van der Waals surface area contributed by atoms with Gasteiger partial charge < -0.3 is 15.8 Å². The molecule has 21 heavy (non-hydrogen) atoms. The second-order valence-corrected chi connectivity index (χ2v) is 6.57. The van der Waals surface area contributed by atoms with Gasteiger partial charge in [0.15, 0.2) is 5.75 Å². The number of ether oxygens (including phenoxy) is 1. The Kier molecular flexibility index (Phi) is 2.78. The fourth-order valence-electron chi connectivity index (χ4n) is 2.93. The average molecular weight is 321 g/mol. The van der Waals surface area contributed by atoms with Crippen molar-refractivity contribution in [2.75, 3.05) is 17.6 Å². The van der Waals surface area contributed by atoms with Crippen LogP contribution in [0, 0.1) is 0 Å². The minimum atomic E-state index is 0.323. The van der Waals surface area contributed by atoms with Gasteiger partial charge in [-0.1, -0.05) is 23.2 Å². The minimum absolute atomic E-state index is 0.323. The van der Waals surface area contributed by atoms with Gasteiger partial charge in [-0.2, -0.15) is 0 Å². The summed E-state index contributed by atoms with van der Waals surface area (Å²) in [5.41, 5.74) is 9.09. The fraction of sp³-hybridized carbons (Fsp3) is 0.250. The predicted molar refractivity (Wildman–Crippen MR) is 86.8 cm³/mol. The Hall–Kier alpha value is -1.58. The second-order valence-electron chi connectivity index (χ2n) is 5.76. The van der Waals surface area contributed by atoms with E-state index in [1.54, 1.807) is 12.1 Å². The molecule has 0 bridgehead atoms. The molecule has 1 spiro atoms. The molecule has 1 fully saturated rings. The Morgan fingerprint density at radius 2 is 1.81 bits per heavy atom. The van der Waals surface area contributed by atoms with E-state index in [4.69, 9.17) is 33.7 Å². The lowest BCUT2D eigenvalue weighted by Gasteiger charge is -2.12. The van der Waals surface area contributed by atoms with E-state index in [1.165, 1.54) is 24.1 Å². The summed E-state index contributed by atoms with van der Waals surface area (Å²) in [6, 6.07) is 9.35. The van der Waals surface area contributed by atoms with E-state index in [2.05, 4.69) is 17.4 Å². The summed E-state index contributed by atoms with van der Waals surface area (Å²) in [5.74, 6) is 1.19. The molecule has 5 heteroatoms. The van der Waals surface area contributed by atoms with Gasteiger partial charge >= 0.3 is 0 Å². The number of hydrogen-bond donors (Lipinski definition) is 2. The highest BCUT2D eigenvalue weighted by Crippen LogP contribution is 2.55. The summed E-state index contributed by atoms with van der Waals surface area (Å²) in [6.45, 7) is 1.02. The zero-order chi connectivity index (χ0) is 14.6. The topological polar surface area (TPSA) is 47.3 Å². The van der Waals surface area contributed by atoms with Crippen LogP contribution in [0.4, 0.5) is 11.4 Å². The van der Waals surface area contributed by atoms with Crippen LogP contribution in [0.5, 0.6) is 11.5 Å². The summed E-state index contributed by atoms with van der Waals surface area (Å²) in [4.78, 5) is 0. The molecule has 0 atom stereocenters. The molecule has 1 saturated carbocycles. The number of benzene rings is 2. The van der Waals surface area contributed by atoms with Crippen molar-refractivity contribution in [2.45, 2.75) is 18.3 Å². The highest BCUT2D eigenvalue weighted by Gasteiger charge is 2.49. The number of halogens is 2. The lowest BCUT2D eigenvalue weighted by atomic mass is 9.98. The first-order valence-corrected chi connectivity index (χ1v) is 7.64. The third kappa shape index (κ3) is 2.12. The Labute approximate surface area is 133 Å². The van der Waals surface area contributed by atoms with Gasteiger partial charge in [0.1, 0.15) is 5.75 Å². The molecule has 2 aromatic carbocycles. The number of nitrogens with two attached hydrogens (primary N) is 1. The molecule has 0 saturated heterocycles. The smallest absolute Gasteiger partial charge is 0.164 e. The summed E-state index contributed by atoms with van der Waals surface area (Å²) in [5, 5.41) is 4.28. The maximum atomic E-state index is 6.17.